The topological polar surface area (TPSA) is 30.3 Å². The number of fused-ring (bicyclic) bond motifs is 3. The summed E-state index contributed by atoms with van der Waals surface area (Å²) in [6.45, 7) is 6.42. The summed E-state index contributed by atoms with van der Waals surface area (Å²) < 4.78 is 7.66. The van der Waals surface area contributed by atoms with Gasteiger partial charge in [0.1, 0.15) is 0 Å². The molecule has 4 rings (SSSR count). The van der Waals surface area contributed by atoms with Crippen molar-refractivity contribution >= 4 is 22.7 Å². The summed E-state index contributed by atoms with van der Waals surface area (Å²) in [6.07, 6.45) is 5.13. The van der Waals surface area contributed by atoms with E-state index >= 15 is 0 Å². The fraction of sp³-hybridized carbons (Fsp3) is 0.318. The average Bonchev–Trinajstić information content (AvgIpc) is 2.94. The number of aryl methyl sites for hydroxylation is 1. The zero-order valence-electron chi connectivity index (χ0n) is 15.9. The number of aromatic nitrogens is 2. The number of pyridine rings is 1. The van der Waals surface area contributed by atoms with E-state index in [4.69, 9.17) is 4.74 Å². The van der Waals surface area contributed by atoms with Crippen LogP contribution < -0.4 is 4.74 Å². The van der Waals surface area contributed by atoms with Gasteiger partial charge in [-0.25, -0.2) is 4.98 Å². The van der Waals surface area contributed by atoms with Crippen molar-refractivity contribution in [2.75, 3.05) is 20.7 Å². The van der Waals surface area contributed by atoms with E-state index in [0.29, 0.717) is 5.88 Å². The molecule has 0 unspecified atom stereocenters. The smallest absolute Gasteiger partial charge is 0.213 e. The van der Waals surface area contributed by atoms with E-state index in [9.17, 15) is 0 Å². The first kappa shape index (κ1) is 16.9. The van der Waals surface area contributed by atoms with Gasteiger partial charge >= 0.3 is 0 Å². The maximum atomic E-state index is 5.28. The summed E-state index contributed by atoms with van der Waals surface area (Å²) in [5.41, 5.74) is 7.83. The van der Waals surface area contributed by atoms with Crippen LogP contribution in [-0.2, 0) is 13.0 Å². The molecule has 0 spiro atoms. The molecular formula is C22H25N3O. The lowest BCUT2D eigenvalue weighted by Gasteiger charge is -2.23. The lowest BCUT2D eigenvalue weighted by atomic mass is 10.0. The van der Waals surface area contributed by atoms with Crippen LogP contribution in [0.3, 0.4) is 0 Å². The van der Waals surface area contributed by atoms with Gasteiger partial charge in [-0.2, -0.15) is 0 Å². The first-order valence-corrected chi connectivity index (χ1v) is 9.06. The summed E-state index contributed by atoms with van der Waals surface area (Å²) in [4.78, 5) is 6.62. The van der Waals surface area contributed by atoms with E-state index in [2.05, 4.69) is 59.7 Å². The minimum absolute atomic E-state index is 0.645. The predicted octanol–water partition coefficient (Wildman–Crippen LogP) is 4.36. The van der Waals surface area contributed by atoms with Crippen molar-refractivity contribution in [3.8, 4) is 5.88 Å². The van der Waals surface area contributed by atoms with Gasteiger partial charge < -0.3 is 14.2 Å². The van der Waals surface area contributed by atoms with Crippen molar-refractivity contribution < 1.29 is 4.74 Å². The highest BCUT2D eigenvalue weighted by Gasteiger charge is 2.21. The molecule has 0 amide bonds. The zero-order valence-corrected chi connectivity index (χ0v) is 15.9. The molecule has 0 saturated carbocycles. The normalized spacial score (nSPS) is 15.3. The van der Waals surface area contributed by atoms with Crippen molar-refractivity contribution in [2.45, 2.75) is 26.8 Å². The highest BCUT2D eigenvalue weighted by molar-refractivity contribution is 5.90. The largest absolute Gasteiger partial charge is 0.481 e. The number of ether oxygens (including phenoxy) is 1. The Kier molecular flexibility index (Phi) is 4.29. The molecule has 3 aromatic rings. The van der Waals surface area contributed by atoms with Crippen LogP contribution in [0.25, 0.3) is 22.7 Å². The number of benzene rings is 1. The fourth-order valence-electron chi connectivity index (χ4n) is 3.82. The number of nitrogens with zero attached hydrogens (tertiary/aromatic N) is 3. The molecule has 0 aliphatic carbocycles. The van der Waals surface area contributed by atoms with Gasteiger partial charge in [0, 0.05) is 49.1 Å². The molecule has 1 aliphatic rings. The number of hydrogen-bond donors (Lipinski definition) is 0. The van der Waals surface area contributed by atoms with Gasteiger partial charge in [0.15, 0.2) is 0 Å². The maximum Gasteiger partial charge on any atom is 0.213 e. The molecular weight excluding hydrogens is 322 g/mol. The summed E-state index contributed by atoms with van der Waals surface area (Å²) in [5.74, 6) is 0.645. The molecule has 0 fully saturated rings. The standard InChI is InChI=1S/C22H25N3O/c1-15-5-6-20-18(11-15)19-14-24(3)10-8-21(19)25(20)13-16(2)17-7-9-23-22(12-17)26-4/h5-7,9,11-13H,8,10,14H2,1-4H3. The Morgan fingerprint density at radius 3 is 2.88 bits per heavy atom. The summed E-state index contributed by atoms with van der Waals surface area (Å²) in [6, 6.07) is 10.8. The average molecular weight is 347 g/mol. The summed E-state index contributed by atoms with van der Waals surface area (Å²) in [7, 11) is 3.85. The highest BCUT2D eigenvalue weighted by Crippen LogP contribution is 2.32. The van der Waals surface area contributed by atoms with Crippen molar-refractivity contribution in [1.82, 2.24) is 14.5 Å². The van der Waals surface area contributed by atoms with Crippen LogP contribution in [0.1, 0.15) is 29.3 Å². The van der Waals surface area contributed by atoms with Crippen molar-refractivity contribution in [2.24, 2.45) is 0 Å². The predicted molar refractivity (Wildman–Crippen MR) is 107 cm³/mol. The maximum absolute atomic E-state index is 5.28. The SMILES string of the molecule is COc1cc(C(C)=Cn2c3c(c4cc(C)ccc42)CN(C)CC3)ccn1. The molecule has 4 heteroatoms. The quantitative estimate of drug-likeness (QED) is 0.705. The van der Waals surface area contributed by atoms with Crippen LogP contribution in [0.2, 0.25) is 0 Å². The second kappa shape index (κ2) is 6.61. The van der Waals surface area contributed by atoms with Gasteiger partial charge in [-0.15, -0.1) is 0 Å². The monoisotopic (exact) mass is 347 g/mol. The lowest BCUT2D eigenvalue weighted by molar-refractivity contribution is 0.312. The van der Waals surface area contributed by atoms with E-state index in [0.717, 1.165) is 25.1 Å². The Hall–Kier alpha value is -2.59. The molecule has 4 nitrogen and oxygen atoms in total. The number of allylic oxidation sites excluding steroid dienone is 1. The van der Waals surface area contributed by atoms with Crippen LogP contribution in [0.4, 0.5) is 0 Å². The number of likely N-dealkylation sites (N-methyl/N-ethyl adjacent to an activating group) is 1. The van der Waals surface area contributed by atoms with Gasteiger partial charge in [-0.1, -0.05) is 11.6 Å². The third-order valence-electron chi connectivity index (χ3n) is 5.26. The van der Waals surface area contributed by atoms with E-state index in [1.807, 2.05) is 12.1 Å². The van der Waals surface area contributed by atoms with Gasteiger partial charge in [0.25, 0.3) is 0 Å². The molecule has 0 radical (unpaired) electrons. The van der Waals surface area contributed by atoms with Gasteiger partial charge in [0.2, 0.25) is 5.88 Å². The minimum atomic E-state index is 0.645. The fourth-order valence-corrected chi connectivity index (χ4v) is 3.82. The minimum Gasteiger partial charge on any atom is -0.481 e. The van der Waals surface area contributed by atoms with Gasteiger partial charge in [0.05, 0.1) is 12.6 Å². The number of rotatable bonds is 3. The van der Waals surface area contributed by atoms with E-state index in [-0.39, 0.29) is 0 Å². The molecule has 134 valence electrons. The van der Waals surface area contributed by atoms with Crippen molar-refractivity contribution in [3.63, 3.8) is 0 Å². The highest BCUT2D eigenvalue weighted by atomic mass is 16.5. The summed E-state index contributed by atoms with van der Waals surface area (Å²) >= 11 is 0. The molecule has 1 aromatic carbocycles. The van der Waals surface area contributed by atoms with Crippen LogP contribution in [0.5, 0.6) is 5.88 Å². The Morgan fingerprint density at radius 2 is 2.08 bits per heavy atom. The Morgan fingerprint density at radius 1 is 1.23 bits per heavy atom. The van der Waals surface area contributed by atoms with Gasteiger partial charge in [-0.3, -0.25) is 0 Å². The van der Waals surface area contributed by atoms with Crippen LogP contribution in [-0.4, -0.2) is 35.2 Å². The van der Waals surface area contributed by atoms with Crippen LogP contribution in [0.15, 0.2) is 36.5 Å². The summed E-state index contributed by atoms with van der Waals surface area (Å²) in [5, 5.41) is 1.38. The third kappa shape index (κ3) is 2.90. The van der Waals surface area contributed by atoms with Gasteiger partial charge in [-0.05, 0) is 55.8 Å². The Bertz CT molecular complexity index is 1000. The molecule has 0 N–H and O–H groups in total. The first-order chi connectivity index (χ1) is 12.6. The van der Waals surface area contributed by atoms with E-state index in [1.54, 1.807) is 13.3 Å². The second-order valence-electron chi connectivity index (χ2n) is 7.20. The number of hydrogen-bond acceptors (Lipinski definition) is 3. The van der Waals surface area contributed by atoms with Crippen LogP contribution in [0, 0.1) is 6.92 Å². The molecule has 1 aliphatic heterocycles. The second-order valence-corrected chi connectivity index (χ2v) is 7.20. The molecule has 0 bridgehead atoms. The lowest BCUT2D eigenvalue weighted by Crippen LogP contribution is -2.26. The third-order valence-corrected chi connectivity index (χ3v) is 5.26. The van der Waals surface area contributed by atoms with Crippen molar-refractivity contribution in [3.05, 3.63) is 58.9 Å². The van der Waals surface area contributed by atoms with E-state index in [1.165, 1.54) is 33.3 Å². The number of methoxy groups -OCH3 is 1. The Balaban J connectivity index is 1.88. The molecule has 26 heavy (non-hydrogen) atoms. The zero-order chi connectivity index (χ0) is 18.3. The van der Waals surface area contributed by atoms with E-state index < -0.39 is 0 Å². The van der Waals surface area contributed by atoms with Crippen LogP contribution >= 0.6 is 0 Å². The molecule has 0 atom stereocenters. The first-order valence-electron chi connectivity index (χ1n) is 9.06. The molecule has 3 heterocycles. The molecule has 0 saturated heterocycles. The molecule has 2 aromatic heterocycles. The van der Waals surface area contributed by atoms with Crippen molar-refractivity contribution in [1.29, 1.82) is 0 Å². The Labute approximate surface area is 154 Å².